The van der Waals surface area contributed by atoms with E-state index in [0.29, 0.717) is 29.6 Å². The number of carbonyl (C=O) groups is 2. The monoisotopic (exact) mass is 437 g/mol. The predicted molar refractivity (Wildman–Crippen MR) is 119 cm³/mol. The minimum atomic E-state index is -0.706. The van der Waals surface area contributed by atoms with E-state index in [0.717, 1.165) is 0 Å². The second kappa shape index (κ2) is 12.2. The Morgan fingerprint density at radius 3 is 2.31 bits per heavy atom. The molecule has 0 aliphatic rings. The molecule has 0 spiro atoms. The molecule has 0 atom stereocenters. The van der Waals surface area contributed by atoms with Gasteiger partial charge in [0.2, 0.25) is 0 Å². The standard InChI is InChI=1S/C25H27NO6/c1-5-29-23-14-18(13-20(15-26)25(28)30-6-2)7-12-22(23)32-24(27)16-31-21-10-8-19(9-11-21)17(3)4/h7-14,17H,5-6,16H2,1-4H3/b20-13+. The Kier molecular flexibility index (Phi) is 9.30. The normalized spacial score (nSPS) is 10.9. The van der Waals surface area contributed by atoms with Crippen molar-refractivity contribution in [1.82, 2.24) is 0 Å². The Bertz CT molecular complexity index is 1000. The first-order valence-electron chi connectivity index (χ1n) is 10.4. The van der Waals surface area contributed by atoms with Crippen LogP contribution in [0, 0.1) is 11.3 Å². The highest BCUT2D eigenvalue weighted by Gasteiger charge is 2.14. The zero-order chi connectivity index (χ0) is 23.5. The Balaban J connectivity index is 2.09. The van der Waals surface area contributed by atoms with E-state index in [4.69, 9.17) is 18.9 Å². The maximum Gasteiger partial charge on any atom is 0.349 e. The van der Waals surface area contributed by atoms with Gasteiger partial charge >= 0.3 is 11.9 Å². The van der Waals surface area contributed by atoms with Crippen LogP contribution in [0.15, 0.2) is 48.0 Å². The first-order valence-corrected chi connectivity index (χ1v) is 10.4. The highest BCUT2D eigenvalue weighted by atomic mass is 16.6. The summed E-state index contributed by atoms with van der Waals surface area (Å²) in [5.74, 6) is 0.193. The number of carbonyl (C=O) groups excluding carboxylic acids is 2. The van der Waals surface area contributed by atoms with E-state index in [1.54, 1.807) is 26.0 Å². The SMILES string of the molecule is CCOC(=O)/C(C#N)=C/c1ccc(OC(=O)COc2ccc(C(C)C)cc2)c(OCC)c1. The summed E-state index contributed by atoms with van der Waals surface area (Å²) in [6.45, 7) is 7.88. The fraction of sp³-hybridized carbons (Fsp3) is 0.320. The second-order valence-corrected chi connectivity index (χ2v) is 7.02. The lowest BCUT2D eigenvalue weighted by molar-refractivity contribution is -0.138. The van der Waals surface area contributed by atoms with Crippen LogP contribution in [-0.2, 0) is 14.3 Å². The Morgan fingerprint density at radius 2 is 1.72 bits per heavy atom. The van der Waals surface area contributed by atoms with Gasteiger partial charge in [0.25, 0.3) is 0 Å². The lowest BCUT2D eigenvalue weighted by Crippen LogP contribution is -2.18. The van der Waals surface area contributed by atoms with Crippen molar-refractivity contribution in [2.75, 3.05) is 19.8 Å². The summed E-state index contributed by atoms with van der Waals surface area (Å²) < 4.78 is 21.3. The maximum absolute atomic E-state index is 12.3. The average molecular weight is 437 g/mol. The van der Waals surface area contributed by atoms with Crippen molar-refractivity contribution >= 4 is 18.0 Å². The van der Waals surface area contributed by atoms with Gasteiger partial charge in [0.15, 0.2) is 18.1 Å². The van der Waals surface area contributed by atoms with Crippen LogP contribution in [0.2, 0.25) is 0 Å². The van der Waals surface area contributed by atoms with E-state index in [-0.39, 0.29) is 24.5 Å². The second-order valence-electron chi connectivity index (χ2n) is 7.02. The molecule has 0 fully saturated rings. The third-order valence-corrected chi connectivity index (χ3v) is 4.32. The van der Waals surface area contributed by atoms with Gasteiger partial charge in [0.05, 0.1) is 13.2 Å². The first-order chi connectivity index (χ1) is 15.4. The Hall–Kier alpha value is -3.79. The molecule has 2 aromatic carbocycles. The van der Waals surface area contributed by atoms with Crippen molar-refractivity contribution in [2.24, 2.45) is 0 Å². The van der Waals surface area contributed by atoms with Crippen LogP contribution in [0.5, 0.6) is 17.2 Å². The summed E-state index contributed by atoms with van der Waals surface area (Å²) in [6, 6.07) is 14.1. The molecule has 0 aliphatic carbocycles. The van der Waals surface area contributed by atoms with Gasteiger partial charge in [-0.2, -0.15) is 5.26 Å². The van der Waals surface area contributed by atoms with Crippen LogP contribution >= 0.6 is 0 Å². The molecule has 0 amide bonds. The molecule has 7 heteroatoms. The summed E-state index contributed by atoms with van der Waals surface area (Å²) in [7, 11) is 0. The average Bonchev–Trinajstić information content (AvgIpc) is 2.78. The molecule has 0 aliphatic heterocycles. The molecule has 0 saturated heterocycles. The summed E-state index contributed by atoms with van der Waals surface area (Å²) in [4.78, 5) is 24.1. The number of hydrogen-bond donors (Lipinski definition) is 0. The quantitative estimate of drug-likeness (QED) is 0.231. The molecular weight excluding hydrogens is 410 g/mol. The number of hydrogen-bond acceptors (Lipinski definition) is 7. The summed E-state index contributed by atoms with van der Waals surface area (Å²) in [6.07, 6.45) is 1.38. The van der Waals surface area contributed by atoms with Gasteiger partial charge < -0.3 is 18.9 Å². The van der Waals surface area contributed by atoms with E-state index in [2.05, 4.69) is 13.8 Å². The minimum Gasteiger partial charge on any atom is -0.490 e. The first kappa shape index (κ1) is 24.5. The van der Waals surface area contributed by atoms with Crippen molar-refractivity contribution in [3.63, 3.8) is 0 Å². The molecule has 0 unspecified atom stereocenters. The number of nitriles is 1. The Morgan fingerprint density at radius 1 is 1.00 bits per heavy atom. The van der Waals surface area contributed by atoms with E-state index in [1.165, 1.54) is 17.7 Å². The molecule has 0 heterocycles. The molecule has 2 aromatic rings. The van der Waals surface area contributed by atoms with Gasteiger partial charge in [-0.3, -0.25) is 0 Å². The largest absolute Gasteiger partial charge is 0.490 e. The van der Waals surface area contributed by atoms with Gasteiger partial charge in [-0.25, -0.2) is 9.59 Å². The summed E-state index contributed by atoms with van der Waals surface area (Å²) in [5.41, 5.74) is 1.56. The molecule has 168 valence electrons. The van der Waals surface area contributed by atoms with E-state index < -0.39 is 11.9 Å². The topological polar surface area (TPSA) is 94.9 Å². The minimum absolute atomic E-state index is 0.143. The molecular formula is C25H27NO6. The van der Waals surface area contributed by atoms with Gasteiger partial charge in [-0.05, 0) is 61.2 Å². The van der Waals surface area contributed by atoms with Gasteiger partial charge in [0, 0.05) is 0 Å². The zero-order valence-corrected chi connectivity index (χ0v) is 18.7. The molecule has 2 rings (SSSR count). The van der Waals surface area contributed by atoms with Crippen LogP contribution in [0.3, 0.4) is 0 Å². The van der Waals surface area contributed by atoms with Crippen molar-refractivity contribution < 1.29 is 28.5 Å². The third kappa shape index (κ3) is 7.17. The van der Waals surface area contributed by atoms with Crippen molar-refractivity contribution in [3.05, 3.63) is 59.2 Å². The fourth-order valence-electron chi connectivity index (χ4n) is 2.72. The van der Waals surface area contributed by atoms with E-state index >= 15 is 0 Å². The number of nitrogens with zero attached hydrogens (tertiary/aromatic N) is 1. The molecule has 0 N–H and O–H groups in total. The van der Waals surface area contributed by atoms with E-state index in [1.807, 2.05) is 30.3 Å². The van der Waals surface area contributed by atoms with Gasteiger partial charge in [-0.15, -0.1) is 0 Å². The van der Waals surface area contributed by atoms with E-state index in [9.17, 15) is 14.9 Å². The highest BCUT2D eigenvalue weighted by Crippen LogP contribution is 2.30. The van der Waals surface area contributed by atoms with Crippen molar-refractivity contribution in [3.8, 4) is 23.3 Å². The van der Waals surface area contributed by atoms with Crippen LogP contribution in [0.25, 0.3) is 6.08 Å². The highest BCUT2D eigenvalue weighted by molar-refractivity contribution is 5.98. The molecule has 32 heavy (non-hydrogen) atoms. The van der Waals surface area contributed by atoms with Crippen LogP contribution in [0.4, 0.5) is 0 Å². The molecule has 0 saturated carbocycles. The van der Waals surface area contributed by atoms with Crippen molar-refractivity contribution in [2.45, 2.75) is 33.6 Å². The fourth-order valence-corrected chi connectivity index (χ4v) is 2.72. The molecule has 0 aromatic heterocycles. The number of rotatable bonds is 10. The lowest BCUT2D eigenvalue weighted by Gasteiger charge is -2.12. The van der Waals surface area contributed by atoms with Gasteiger partial charge in [-0.1, -0.05) is 32.0 Å². The van der Waals surface area contributed by atoms with Crippen LogP contribution in [0.1, 0.15) is 44.7 Å². The Labute approximate surface area is 188 Å². The third-order valence-electron chi connectivity index (χ3n) is 4.32. The van der Waals surface area contributed by atoms with Crippen LogP contribution in [-0.4, -0.2) is 31.8 Å². The number of benzene rings is 2. The summed E-state index contributed by atoms with van der Waals surface area (Å²) >= 11 is 0. The predicted octanol–water partition coefficient (Wildman–Crippen LogP) is 4.66. The molecule has 0 radical (unpaired) electrons. The number of esters is 2. The zero-order valence-electron chi connectivity index (χ0n) is 18.7. The molecule has 7 nitrogen and oxygen atoms in total. The smallest absolute Gasteiger partial charge is 0.349 e. The number of ether oxygens (including phenoxy) is 4. The molecule has 0 bridgehead atoms. The lowest BCUT2D eigenvalue weighted by atomic mass is 10.0. The summed E-state index contributed by atoms with van der Waals surface area (Å²) in [5, 5.41) is 9.19. The van der Waals surface area contributed by atoms with Gasteiger partial charge in [0.1, 0.15) is 17.4 Å². The van der Waals surface area contributed by atoms with Crippen molar-refractivity contribution in [1.29, 1.82) is 5.26 Å². The maximum atomic E-state index is 12.3. The van der Waals surface area contributed by atoms with Crippen LogP contribution < -0.4 is 14.2 Å².